The predicted octanol–water partition coefficient (Wildman–Crippen LogP) is 2.94. The summed E-state index contributed by atoms with van der Waals surface area (Å²) in [6.07, 6.45) is 1.50. The monoisotopic (exact) mass is 259 g/mol. The van der Waals surface area contributed by atoms with E-state index in [1.54, 1.807) is 19.1 Å². The predicted molar refractivity (Wildman–Crippen MR) is 72.4 cm³/mol. The molecule has 4 nitrogen and oxygen atoms in total. The number of ether oxygens (including phenoxy) is 2. The minimum absolute atomic E-state index is 0.0164. The maximum atomic E-state index is 11.6. The summed E-state index contributed by atoms with van der Waals surface area (Å²) >= 11 is 0. The minimum Gasteiger partial charge on any atom is -0.490 e. The van der Waals surface area contributed by atoms with Crippen LogP contribution in [0.2, 0.25) is 0 Å². The highest BCUT2D eigenvalue weighted by Crippen LogP contribution is 2.22. The molecule has 0 N–H and O–H groups in total. The molecule has 0 spiro atoms. The average Bonchev–Trinajstić information content (AvgIpc) is 2.37. The van der Waals surface area contributed by atoms with Crippen LogP contribution in [0.15, 0.2) is 29.8 Å². The number of para-hydroxylation sites is 1. The zero-order valence-corrected chi connectivity index (χ0v) is 11.3. The van der Waals surface area contributed by atoms with Crippen LogP contribution in [0.3, 0.4) is 0 Å². The van der Waals surface area contributed by atoms with Gasteiger partial charge in [-0.1, -0.05) is 18.2 Å². The fourth-order valence-electron chi connectivity index (χ4n) is 1.46. The molecule has 0 atom stereocenters. The van der Waals surface area contributed by atoms with E-state index in [4.69, 9.17) is 14.7 Å². The summed E-state index contributed by atoms with van der Waals surface area (Å²) in [5, 5.41) is 9.00. The molecular weight excluding hydrogens is 242 g/mol. The molecular formula is C15H17NO3. The average molecular weight is 259 g/mol. The molecule has 1 aromatic rings. The number of nitriles is 1. The molecule has 0 heterocycles. The fourth-order valence-corrected chi connectivity index (χ4v) is 1.46. The van der Waals surface area contributed by atoms with Gasteiger partial charge in [0.15, 0.2) is 0 Å². The van der Waals surface area contributed by atoms with Crippen LogP contribution in [0.25, 0.3) is 6.08 Å². The fraction of sp³-hybridized carbons (Fsp3) is 0.333. The van der Waals surface area contributed by atoms with Crippen LogP contribution < -0.4 is 4.74 Å². The third-order valence-corrected chi connectivity index (χ3v) is 2.20. The van der Waals surface area contributed by atoms with Gasteiger partial charge in [-0.25, -0.2) is 4.79 Å². The number of hydrogen-bond acceptors (Lipinski definition) is 4. The molecule has 0 bridgehead atoms. The summed E-state index contributed by atoms with van der Waals surface area (Å²) in [4.78, 5) is 11.6. The molecule has 0 aliphatic heterocycles. The minimum atomic E-state index is -0.621. The van der Waals surface area contributed by atoms with Gasteiger partial charge in [0.1, 0.15) is 17.4 Å². The zero-order valence-electron chi connectivity index (χ0n) is 11.3. The number of carbonyl (C=O) groups is 1. The third-order valence-electron chi connectivity index (χ3n) is 2.20. The number of rotatable bonds is 5. The Morgan fingerprint density at radius 2 is 2.11 bits per heavy atom. The molecule has 0 aliphatic carbocycles. The summed E-state index contributed by atoms with van der Waals surface area (Å²) in [7, 11) is 0. The van der Waals surface area contributed by atoms with Crippen molar-refractivity contribution in [2.24, 2.45) is 0 Å². The van der Waals surface area contributed by atoms with Crippen molar-refractivity contribution in [2.45, 2.75) is 26.9 Å². The molecule has 0 unspecified atom stereocenters. The van der Waals surface area contributed by atoms with E-state index in [2.05, 4.69) is 0 Å². The molecule has 0 amide bonds. The Morgan fingerprint density at radius 3 is 2.68 bits per heavy atom. The molecule has 0 saturated heterocycles. The van der Waals surface area contributed by atoms with Crippen LogP contribution in [0, 0.1) is 11.3 Å². The van der Waals surface area contributed by atoms with Gasteiger partial charge in [-0.2, -0.15) is 5.26 Å². The highest BCUT2D eigenvalue weighted by molar-refractivity contribution is 5.98. The van der Waals surface area contributed by atoms with Gasteiger partial charge in [-0.05, 0) is 32.9 Å². The second-order valence-corrected chi connectivity index (χ2v) is 4.09. The third kappa shape index (κ3) is 4.47. The lowest BCUT2D eigenvalue weighted by Crippen LogP contribution is -2.08. The number of hydrogen-bond donors (Lipinski definition) is 0. The number of benzene rings is 1. The van der Waals surface area contributed by atoms with Crippen molar-refractivity contribution < 1.29 is 14.3 Å². The van der Waals surface area contributed by atoms with Crippen molar-refractivity contribution in [1.82, 2.24) is 0 Å². The lowest BCUT2D eigenvalue weighted by atomic mass is 10.1. The smallest absolute Gasteiger partial charge is 0.348 e. The molecule has 0 aliphatic rings. The van der Waals surface area contributed by atoms with Gasteiger partial charge in [-0.3, -0.25) is 0 Å². The van der Waals surface area contributed by atoms with E-state index in [0.29, 0.717) is 11.3 Å². The largest absolute Gasteiger partial charge is 0.490 e. The summed E-state index contributed by atoms with van der Waals surface area (Å²) in [5.41, 5.74) is 0.641. The Morgan fingerprint density at radius 1 is 1.42 bits per heavy atom. The number of nitrogens with zero attached hydrogens (tertiary/aromatic N) is 1. The lowest BCUT2D eigenvalue weighted by Gasteiger charge is -2.12. The SMILES string of the molecule is CCOC(=O)/C(C#N)=C\c1ccccc1OC(C)C. The molecule has 0 saturated carbocycles. The van der Waals surface area contributed by atoms with Crippen LogP contribution in [-0.4, -0.2) is 18.7 Å². The molecule has 0 aromatic heterocycles. The molecule has 1 aromatic carbocycles. The van der Waals surface area contributed by atoms with Crippen LogP contribution in [0.5, 0.6) is 5.75 Å². The summed E-state index contributed by atoms with van der Waals surface area (Å²) in [5.74, 6) is 0.0129. The molecule has 1 rings (SSSR count). The second kappa shape index (κ2) is 7.22. The molecule has 4 heteroatoms. The van der Waals surface area contributed by atoms with Crippen LogP contribution in [-0.2, 0) is 9.53 Å². The molecule has 19 heavy (non-hydrogen) atoms. The Bertz CT molecular complexity index is 512. The summed E-state index contributed by atoms with van der Waals surface area (Å²) < 4.78 is 10.4. The van der Waals surface area contributed by atoms with Crippen molar-refractivity contribution >= 4 is 12.0 Å². The van der Waals surface area contributed by atoms with Gasteiger partial charge in [-0.15, -0.1) is 0 Å². The first-order chi connectivity index (χ1) is 9.08. The maximum Gasteiger partial charge on any atom is 0.348 e. The van der Waals surface area contributed by atoms with Crippen molar-refractivity contribution in [1.29, 1.82) is 5.26 Å². The summed E-state index contributed by atoms with van der Waals surface area (Å²) in [6.45, 7) is 5.76. The Hall–Kier alpha value is -2.28. The van der Waals surface area contributed by atoms with E-state index in [9.17, 15) is 4.79 Å². The number of esters is 1. The van der Waals surface area contributed by atoms with Gasteiger partial charge in [0.25, 0.3) is 0 Å². The molecule has 0 radical (unpaired) electrons. The van der Waals surface area contributed by atoms with Gasteiger partial charge >= 0.3 is 5.97 Å². The standard InChI is InChI=1S/C15H17NO3/c1-4-18-15(17)13(10-16)9-12-7-5-6-8-14(12)19-11(2)3/h5-9,11H,4H2,1-3H3/b13-9-. The maximum absolute atomic E-state index is 11.6. The first-order valence-corrected chi connectivity index (χ1v) is 6.13. The first kappa shape index (κ1) is 14.8. The van der Waals surface area contributed by atoms with Crippen molar-refractivity contribution in [3.63, 3.8) is 0 Å². The van der Waals surface area contributed by atoms with E-state index < -0.39 is 5.97 Å². The van der Waals surface area contributed by atoms with E-state index in [1.807, 2.05) is 32.0 Å². The van der Waals surface area contributed by atoms with Gasteiger partial charge in [0.05, 0.1) is 12.7 Å². The highest BCUT2D eigenvalue weighted by Gasteiger charge is 2.11. The van der Waals surface area contributed by atoms with E-state index in [-0.39, 0.29) is 18.3 Å². The van der Waals surface area contributed by atoms with Crippen molar-refractivity contribution in [3.8, 4) is 11.8 Å². The van der Waals surface area contributed by atoms with Crippen molar-refractivity contribution in [2.75, 3.05) is 6.61 Å². The van der Waals surface area contributed by atoms with Gasteiger partial charge in [0, 0.05) is 5.56 Å². The topological polar surface area (TPSA) is 59.3 Å². The lowest BCUT2D eigenvalue weighted by molar-refractivity contribution is -0.137. The Labute approximate surface area is 113 Å². The van der Waals surface area contributed by atoms with Crippen LogP contribution >= 0.6 is 0 Å². The van der Waals surface area contributed by atoms with E-state index in [1.165, 1.54) is 6.08 Å². The van der Waals surface area contributed by atoms with Gasteiger partial charge < -0.3 is 9.47 Å². The first-order valence-electron chi connectivity index (χ1n) is 6.13. The van der Waals surface area contributed by atoms with Crippen molar-refractivity contribution in [3.05, 3.63) is 35.4 Å². The highest BCUT2D eigenvalue weighted by atomic mass is 16.5. The Kier molecular flexibility index (Phi) is 5.62. The Balaban J connectivity index is 3.08. The molecule has 100 valence electrons. The molecule has 0 fully saturated rings. The normalized spacial score (nSPS) is 11.0. The van der Waals surface area contributed by atoms with Crippen LogP contribution in [0.1, 0.15) is 26.3 Å². The zero-order chi connectivity index (χ0) is 14.3. The van der Waals surface area contributed by atoms with E-state index in [0.717, 1.165) is 0 Å². The summed E-state index contributed by atoms with van der Waals surface area (Å²) in [6, 6.07) is 9.09. The van der Waals surface area contributed by atoms with Crippen LogP contribution in [0.4, 0.5) is 0 Å². The quantitative estimate of drug-likeness (QED) is 0.463. The second-order valence-electron chi connectivity index (χ2n) is 4.09. The van der Waals surface area contributed by atoms with E-state index >= 15 is 0 Å². The van der Waals surface area contributed by atoms with Gasteiger partial charge in [0.2, 0.25) is 0 Å². The number of carbonyl (C=O) groups excluding carboxylic acids is 1.